The summed E-state index contributed by atoms with van der Waals surface area (Å²) >= 11 is 0. The third kappa shape index (κ3) is 9.07. The van der Waals surface area contributed by atoms with Crippen molar-refractivity contribution in [1.82, 2.24) is 10.6 Å². The van der Waals surface area contributed by atoms with E-state index < -0.39 is 71.5 Å². The van der Waals surface area contributed by atoms with Crippen LogP contribution in [0.3, 0.4) is 0 Å². The summed E-state index contributed by atoms with van der Waals surface area (Å²) in [6, 6.07) is 4.59. The van der Waals surface area contributed by atoms with Crippen molar-refractivity contribution >= 4 is 23.4 Å². The fourth-order valence-electron chi connectivity index (χ4n) is 4.47. The molecule has 1 aliphatic carbocycles. The van der Waals surface area contributed by atoms with Gasteiger partial charge in [0.1, 0.15) is 29.6 Å². The van der Waals surface area contributed by atoms with Crippen molar-refractivity contribution in [2.75, 3.05) is 11.9 Å². The summed E-state index contributed by atoms with van der Waals surface area (Å²) in [5.41, 5.74) is -2.39. The number of hydrogen-bond donors (Lipinski definition) is 3. The van der Waals surface area contributed by atoms with Gasteiger partial charge in [-0.3, -0.25) is 14.4 Å². The fourth-order valence-corrected chi connectivity index (χ4v) is 4.47. The molecule has 3 amide bonds. The molecule has 2 aromatic carbocycles. The van der Waals surface area contributed by atoms with Crippen molar-refractivity contribution < 1.29 is 49.9 Å². The summed E-state index contributed by atoms with van der Waals surface area (Å²) in [7, 11) is 0. The summed E-state index contributed by atoms with van der Waals surface area (Å²) < 4.78 is 99.3. The molecule has 43 heavy (non-hydrogen) atoms. The highest BCUT2D eigenvalue weighted by atomic mass is 19.4. The van der Waals surface area contributed by atoms with E-state index in [1.54, 1.807) is 20.8 Å². The number of alkyl halides is 5. The normalized spacial score (nSPS) is 17.4. The molecular weight excluding hydrogens is 587 g/mol. The first-order chi connectivity index (χ1) is 20.0. The minimum Gasteiger partial charge on any atom is -0.487 e. The lowest BCUT2D eigenvalue weighted by molar-refractivity contribution is -0.182. The molecule has 0 aliphatic heterocycles. The van der Waals surface area contributed by atoms with Gasteiger partial charge in [0.25, 0.3) is 18.2 Å². The zero-order valence-electron chi connectivity index (χ0n) is 23.6. The van der Waals surface area contributed by atoms with Gasteiger partial charge in [-0.2, -0.15) is 13.2 Å². The van der Waals surface area contributed by atoms with E-state index >= 15 is 4.39 Å². The number of ether oxygens (including phenoxy) is 1. The topological polar surface area (TPSA) is 96.5 Å². The number of carbonyl (C=O) groups is 3. The van der Waals surface area contributed by atoms with E-state index in [2.05, 4.69) is 16.0 Å². The van der Waals surface area contributed by atoms with Crippen LogP contribution in [0.25, 0.3) is 0 Å². The molecule has 0 radical (unpaired) electrons. The minimum atomic E-state index is -4.35. The third-order valence-electron chi connectivity index (χ3n) is 6.89. The molecule has 1 fully saturated rings. The van der Waals surface area contributed by atoms with Gasteiger partial charge >= 0.3 is 6.18 Å². The maximum absolute atomic E-state index is 15.2. The number of nitrogens with one attached hydrogen (secondary N) is 3. The van der Waals surface area contributed by atoms with Crippen molar-refractivity contribution in [2.45, 2.75) is 71.6 Å². The standard InChI is InChI=1S/C29H32F7N3O4/c1-28(2,3)27(42)37-13-15-4-10-20(30)23(24(15)33)26(41)39-18-9-11-21(43-14-22(31)32)19(12-18)25(40)38-17-7-5-16(6-8-17)29(34,35)36/h4,9-12,16-17,22H,5-8,13-14H2,1-3H3,(H,37,42)(H,38,40)(H,39,41)/t16-,17-. The monoisotopic (exact) mass is 619 g/mol. The van der Waals surface area contributed by atoms with Crippen LogP contribution < -0.4 is 20.7 Å². The van der Waals surface area contributed by atoms with Gasteiger partial charge in [0.15, 0.2) is 0 Å². The van der Waals surface area contributed by atoms with Crippen molar-refractivity contribution in [2.24, 2.45) is 11.3 Å². The number of anilines is 1. The second-order valence-corrected chi connectivity index (χ2v) is 11.3. The van der Waals surface area contributed by atoms with Crippen LogP contribution in [0, 0.1) is 23.0 Å². The van der Waals surface area contributed by atoms with Crippen LogP contribution in [0.15, 0.2) is 30.3 Å². The molecule has 0 atom stereocenters. The van der Waals surface area contributed by atoms with Gasteiger partial charge in [0.2, 0.25) is 5.91 Å². The average molecular weight is 620 g/mol. The Balaban J connectivity index is 1.80. The molecule has 0 heterocycles. The van der Waals surface area contributed by atoms with Crippen LogP contribution in [0.4, 0.5) is 36.4 Å². The Morgan fingerprint density at radius 1 is 0.953 bits per heavy atom. The average Bonchev–Trinajstić information content (AvgIpc) is 2.91. The van der Waals surface area contributed by atoms with Crippen LogP contribution >= 0.6 is 0 Å². The van der Waals surface area contributed by atoms with Gasteiger partial charge < -0.3 is 20.7 Å². The second kappa shape index (κ2) is 13.6. The lowest BCUT2D eigenvalue weighted by atomic mass is 9.85. The smallest absolute Gasteiger partial charge is 0.391 e. The number of halogens is 7. The SMILES string of the molecule is CC(C)(C)C(=O)NCc1ccc(F)c(C(=O)Nc2ccc(OCC(F)F)c(C(=O)N[C@H]3CC[C@H](C(F)(F)F)CC3)c2)c1F. The van der Waals surface area contributed by atoms with Crippen molar-refractivity contribution in [1.29, 1.82) is 0 Å². The Morgan fingerprint density at radius 3 is 2.19 bits per heavy atom. The summed E-state index contributed by atoms with van der Waals surface area (Å²) in [4.78, 5) is 38.1. The quantitative estimate of drug-likeness (QED) is 0.284. The zero-order valence-corrected chi connectivity index (χ0v) is 23.6. The molecule has 0 spiro atoms. The van der Waals surface area contributed by atoms with E-state index in [0.717, 1.165) is 30.3 Å². The van der Waals surface area contributed by atoms with Crippen LogP contribution in [0.5, 0.6) is 5.75 Å². The Labute approximate surface area is 243 Å². The summed E-state index contributed by atoms with van der Waals surface area (Å²) in [5.74, 6) is -6.72. The molecule has 1 aliphatic rings. The second-order valence-electron chi connectivity index (χ2n) is 11.3. The molecule has 14 heteroatoms. The Morgan fingerprint density at radius 2 is 1.60 bits per heavy atom. The number of carbonyl (C=O) groups excluding carboxylic acids is 3. The van der Waals surface area contributed by atoms with Crippen LogP contribution in [0.2, 0.25) is 0 Å². The molecule has 0 saturated heterocycles. The maximum Gasteiger partial charge on any atom is 0.391 e. The first kappa shape index (κ1) is 33.7. The summed E-state index contributed by atoms with van der Waals surface area (Å²) in [6.45, 7) is 3.52. The van der Waals surface area contributed by atoms with E-state index in [1.807, 2.05) is 0 Å². The van der Waals surface area contributed by atoms with Crippen molar-refractivity contribution in [3.8, 4) is 5.75 Å². The van der Waals surface area contributed by atoms with E-state index in [9.17, 15) is 40.7 Å². The third-order valence-corrected chi connectivity index (χ3v) is 6.89. The Hall–Kier alpha value is -3.84. The zero-order chi connectivity index (χ0) is 32.1. The minimum absolute atomic E-state index is 0.0324. The maximum atomic E-state index is 15.2. The van der Waals surface area contributed by atoms with Crippen LogP contribution in [-0.2, 0) is 11.3 Å². The molecule has 3 N–H and O–H groups in total. The fraction of sp³-hybridized carbons (Fsp3) is 0.483. The largest absolute Gasteiger partial charge is 0.487 e. The highest BCUT2D eigenvalue weighted by Crippen LogP contribution is 2.37. The van der Waals surface area contributed by atoms with Gasteiger partial charge in [-0.25, -0.2) is 17.6 Å². The number of amides is 3. The van der Waals surface area contributed by atoms with E-state index in [0.29, 0.717) is 0 Å². The molecule has 0 aromatic heterocycles. The molecule has 7 nitrogen and oxygen atoms in total. The predicted octanol–water partition coefficient (Wildman–Crippen LogP) is 6.37. The van der Waals surface area contributed by atoms with Crippen LogP contribution in [0.1, 0.15) is 72.7 Å². The molecule has 2 aromatic rings. The molecule has 0 bridgehead atoms. The molecule has 1 saturated carbocycles. The van der Waals surface area contributed by atoms with Crippen molar-refractivity contribution in [3.05, 3.63) is 58.7 Å². The van der Waals surface area contributed by atoms with Gasteiger partial charge in [-0.1, -0.05) is 26.8 Å². The first-order valence-corrected chi connectivity index (χ1v) is 13.5. The highest BCUT2D eigenvalue weighted by molar-refractivity contribution is 6.06. The van der Waals surface area contributed by atoms with Gasteiger partial charge in [0.05, 0.1) is 11.5 Å². The van der Waals surface area contributed by atoms with Gasteiger partial charge in [-0.15, -0.1) is 0 Å². The van der Waals surface area contributed by atoms with Crippen LogP contribution in [-0.4, -0.2) is 43.0 Å². The summed E-state index contributed by atoms with van der Waals surface area (Å²) in [5, 5.41) is 7.32. The van der Waals surface area contributed by atoms with Gasteiger partial charge in [0, 0.05) is 29.3 Å². The first-order valence-electron chi connectivity index (χ1n) is 13.5. The Bertz CT molecular complexity index is 1330. The molecular formula is C29H32F7N3O4. The van der Waals surface area contributed by atoms with E-state index in [-0.39, 0.29) is 54.8 Å². The lowest BCUT2D eigenvalue weighted by Crippen LogP contribution is -2.40. The molecule has 3 rings (SSSR count). The molecule has 0 unspecified atom stereocenters. The lowest BCUT2D eigenvalue weighted by Gasteiger charge is -2.30. The van der Waals surface area contributed by atoms with E-state index in [1.165, 1.54) is 0 Å². The Kier molecular flexibility index (Phi) is 10.7. The number of rotatable bonds is 9. The van der Waals surface area contributed by atoms with Crippen molar-refractivity contribution in [3.63, 3.8) is 0 Å². The molecule has 236 valence electrons. The van der Waals surface area contributed by atoms with Gasteiger partial charge in [-0.05, 0) is 49.9 Å². The van der Waals surface area contributed by atoms with E-state index in [4.69, 9.17) is 4.74 Å². The highest BCUT2D eigenvalue weighted by Gasteiger charge is 2.41. The number of hydrogen-bond acceptors (Lipinski definition) is 4. The number of benzene rings is 2. The predicted molar refractivity (Wildman–Crippen MR) is 143 cm³/mol. The summed E-state index contributed by atoms with van der Waals surface area (Å²) in [6.07, 6.45) is -7.57.